The van der Waals surface area contributed by atoms with Crippen LogP contribution in [0.15, 0.2) is 53.3 Å². The maximum atomic E-state index is 13.6. The largest absolute Gasteiger partial charge is 0.393 e. The van der Waals surface area contributed by atoms with E-state index in [0.717, 1.165) is 22.3 Å². The normalized spacial score (nSPS) is 15.5. The highest BCUT2D eigenvalue weighted by molar-refractivity contribution is 5.80. The number of aliphatic hydroxyl groups excluding tert-OH is 2. The number of amides is 1. The molecule has 1 aliphatic heterocycles. The highest BCUT2D eigenvalue weighted by atomic mass is 19.1. The molecule has 4 aromatic rings. The Morgan fingerprint density at radius 2 is 1.83 bits per heavy atom. The maximum Gasteiger partial charge on any atom is 0.277 e. The minimum absolute atomic E-state index is 0.00173. The van der Waals surface area contributed by atoms with E-state index in [1.807, 2.05) is 24.3 Å². The molecular weight excluding hydrogens is 465 g/mol. The van der Waals surface area contributed by atoms with Crippen LogP contribution in [0.3, 0.4) is 0 Å². The average Bonchev–Trinajstić information content (AvgIpc) is 3.48. The minimum atomic E-state index is -1.42. The zero-order valence-electron chi connectivity index (χ0n) is 19.7. The molecule has 0 bridgehead atoms. The number of rotatable bonds is 7. The Bertz CT molecular complexity index is 1380. The van der Waals surface area contributed by atoms with Crippen molar-refractivity contribution in [2.45, 2.75) is 37.7 Å². The number of H-pyrrole nitrogens is 2. The Morgan fingerprint density at radius 1 is 1.11 bits per heavy atom. The molecule has 0 unspecified atom stereocenters. The van der Waals surface area contributed by atoms with Gasteiger partial charge in [-0.25, -0.2) is 9.37 Å². The fraction of sp³-hybridized carbons (Fsp3) is 0.346. The first-order valence-corrected chi connectivity index (χ1v) is 12.1. The maximum absolute atomic E-state index is 13.6. The third-order valence-corrected chi connectivity index (χ3v) is 6.86. The minimum Gasteiger partial charge on any atom is -0.393 e. The molecule has 10 heteroatoms. The lowest BCUT2D eigenvalue weighted by Gasteiger charge is -2.33. The lowest BCUT2D eigenvalue weighted by Crippen LogP contribution is -2.44. The van der Waals surface area contributed by atoms with Gasteiger partial charge in [0.2, 0.25) is 5.95 Å². The van der Waals surface area contributed by atoms with Crippen LogP contribution in [0.4, 0.5) is 4.39 Å². The molecule has 1 aliphatic rings. The van der Waals surface area contributed by atoms with Crippen molar-refractivity contribution >= 4 is 16.9 Å². The van der Waals surface area contributed by atoms with Crippen molar-refractivity contribution in [3.05, 3.63) is 81.5 Å². The molecule has 188 valence electrons. The van der Waals surface area contributed by atoms with Gasteiger partial charge in [-0.3, -0.25) is 14.7 Å². The second kappa shape index (κ2) is 10.1. The summed E-state index contributed by atoms with van der Waals surface area (Å²) >= 11 is 0. The van der Waals surface area contributed by atoms with Crippen LogP contribution in [-0.4, -0.2) is 66.6 Å². The number of likely N-dealkylation sites (tertiary alicyclic amines) is 1. The first-order valence-electron chi connectivity index (χ1n) is 12.1. The molecule has 4 N–H and O–H groups in total. The molecule has 36 heavy (non-hydrogen) atoms. The number of piperidine rings is 1. The first-order chi connectivity index (χ1) is 17.4. The number of aromatic nitrogens is 4. The number of nitrogens with one attached hydrogen (secondary N) is 2. The van der Waals surface area contributed by atoms with Gasteiger partial charge in [-0.2, -0.15) is 4.68 Å². The van der Waals surface area contributed by atoms with E-state index in [-0.39, 0.29) is 17.3 Å². The lowest BCUT2D eigenvalue weighted by atomic mass is 9.89. The average molecular weight is 494 g/mol. The van der Waals surface area contributed by atoms with Gasteiger partial charge in [-0.1, -0.05) is 24.3 Å². The van der Waals surface area contributed by atoms with Crippen LogP contribution in [0.25, 0.3) is 17.0 Å². The number of fused-ring (bicyclic) bond motifs is 1. The van der Waals surface area contributed by atoms with Crippen LogP contribution >= 0.6 is 0 Å². The SMILES string of the molecule is O=C([C@@H](O)CO)N1CCC(c2[nH]n(-c3nc4ccccc4[nH]3)c(=O)c2CCc2ccc(F)cc2)CC1. The Kier molecular flexibility index (Phi) is 6.71. The van der Waals surface area contributed by atoms with Gasteiger partial charge in [0.1, 0.15) is 5.82 Å². The molecule has 0 saturated carbocycles. The number of nitrogens with zero attached hydrogens (tertiary/aromatic N) is 3. The van der Waals surface area contributed by atoms with Crippen molar-refractivity contribution in [3.8, 4) is 5.95 Å². The summed E-state index contributed by atoms with van der Waals surface area (Å²) < 4.78 is 14.8. The number of carbonyl (C=O) groups excluding carboxylic acids is 1. The number of para-hydroxylation sites is 2. The Morgan fingerprint density at radius 3 is 2.53 bits per heavy atom. The number of carbonyl (C=O) groups is 1. The number of benzene rings is 2. The van der Waals surface area contributed by atoms with Gasteiger partial charge in [0, 0.05) is 30.3 Å². The number of halogens is 1. The van der Waals surface area contributed by atoms with Crippen LogP contribution < -0.4 is 5.56 Å². The second-order valence-corrected chi connectivity index (χ2v) is 9.15. The third kappa shape index (κ3) is 4.69. The van der Waals surface area contributed by atoms with Crippen LogP contribution in [0, 0.1) is 5.82 Å². The van der Waals surface area contributed by atoms with Crippen LogP contribution in [0.2, 0.25) is 0 Å². The second-order valence-electron chi connectivity index (χ2n) is 9.15. The van der Waals surface area contributed by atoms with E-state index in [1.54, 1.807) is 17.0 Å². The van der Waals surface area contributed by atoms with Gasteiger partial charge in [0.15, 0.2) is 6.10 Å². The molecule has 2 aromatic heterocycles. The Balaban J connectivity index is 1.45. The molecule has 3 heterocycles. The fourth-order valence-corrected chi connectivity index (χ4v) is 4.86. The summed E-state index contributed by atoms with van der Waals surface area (Å²) in [6.45, 7) is 0.214. The topological polar surface area (TPSA) is 127 Å². The summed E-state index contributed by atoms with van der Waals surface area (Å²) in [6, 6.07) is 13.8. The highest BCUT2D eigenvalue weighted by Gasteiger charge is 2.30. The lowest BCUT2D eigenvalue weighted by molar-refractivity contribution is -0.143. The van der Waals surface area contributed by atoms with Gasteiger partial charge in [0.05, 0.1) is 17.6 Å². The van der Waals surface area contributed by atoms with E-state index in [0.29, 0.717) is 50.3 Å². The van der Waals surface area contributed by atoms with Crippen LogP contribution in [0.5, 0.6) is 0 Å². The first kappa shape index (κ1) is 24.0. The van der Waals surface area contributed by atoms with Crippen LogP contribution in [-0.2, 0) is 17.6 Å². The summed E-state index contributed by atoms with van der Waals surface area (Å²) in [5.74, 6) is -0.391. The number of aromatic amines is 2. The smallest absolute Gasteiger partial charge is 0.277 e. The summed E-state index contributed by atoms with van der Waals surface area (Å²) in [7, 11) is 0. The third-order valence-electron chi connectivity index (χ3n) is 6.86. The van der Waals surface area contributed by atoms with Gasteiger partial charge >= 0.3 is 0 Å². The van der Waals surface area contributed by atoms with Crippen molar-refractivity contribution < 1.29 is 19.4 Å². The van der Waals surface area contributed by atoms with E-state index < -0.39 is 18.6 Å². The van der Waals surface area contributed by atoms with E-state index in [9.17, 15) is 19.1 Å². The van der Waals surface area contributed by atoms with E-state index in [4.69, 9.17) is 5.11 Å². The monoisotopic (exact) mass is 493 g/mol. The molecule has 2 aromatic carbocycles. The summed E-state index contributed by atoms with van der Waals surface area (Å²) in [6.07, 6.45) is 0.829. The van der Waals surface area contributed by atoms with E-state index in [2.05, 4.69) is 15.1 Å². The van der Waals surface area contributed by atoms with Gasteiger partial charge in [0.25, 0.3) is 11.5 Å². The molecule has 1 amide bonds. The van der Waals surface area contributed by atoms with Gasteiger partial charge < -0.3 is 20.1 Å². The van der Waals surface area contributed by atoms with E-state index >= 15 is 0 Å². The molecule has 0 spiro atoms. The number of aryl methyl sites for hydroxylation is 1. The van der Waals surface area contributed by atoms with Gasteiger partial charge in [-0.15, -0.1) is 0 Å². The highest BCUT2D eigenvalue weighted by Crippen LogP contribution is 2.29. The number of aliphatic hydroxyl groups is 2. The zero-order chi connectivity index (χ0) is 25.2. The fourth-order valence-electron chi connectivity index (χ4n) is 4.86. The van der Waals surface area contributed by atoms with Crippen molar-refractivity contribution in [2.75, 3.05) is 19.7 Å². The summed E-state index contributed by atoms with van der Waals surface area (Å²) in [5.41, 5.74) is 3.74. The molecule has 0 radical (unpaired) electrons. The molecule has 1 saturated heterocycles. The van der Waals surface area contributed by atoms with E-state index in [1.165, 1.54) is 16.8 Å². The summed E-state index contributed by atoms with van der Waals surface area (Å²) in [4.78, 5) is 35.1. The van der Waals surface area contributed by atoms with Crippen molar-refractivity contribution in [1.29, 1.82) is 0 Å². The molecule has 1 fully saturated rings. The molecule has 9 nitrogen and oxygen atoms in total. The number of imidazole rings is 1. The number of hydrogen-bond acceptors (Lipinski definition) is 5. The Hall–Kier alpha value is -3.76. The van der Waals surface area contributed by atoms with Crippen LogP contribution in [0.1, 0.15) is 35.6 Å². The standard InChI is InChI=1S/C26H28FN5O4/c27-18-8-5-16(6-9-18)7-10-19-23(17-11-13-31(14-12-17)25(36)22(34)15-33)30-32(24(19)35)26-28-20-3-1-2-4-21(20)29-26/h1-6,8-9,17,22,30,33-34H,7,10-15H2,(H,28,29)/t22-/m0/s1. The quantitative estimate of drug-likeness (QED) is 0.313. The number of hydrogen-bond donors (Lipinski definition) is 4. The molecule has 1 atom stereocenters. The predicted octanol–water partition coefficient (Wildman–Crippen LogP) is 2.03. The molecule has 5 rings (SSSR count). The van der Waals surface area contributed by atoms with Crippen molar-refractivity contribution in [3.63, 3.8) is 0 Å². The Labute approximate surface area is 206 Å². The van der Waals surface area contributed by atoms with Crippen molar-refractivity contribution in [2.24, 2.45) is 0 Å². The summed E-state index contributed by atoms with van der Waals surface area (Å²) in [5, 5.41) is 22.1. The van der Waals surface area contributed by atoms with Gasteiger partial charge in [-0.05, 0) is 55.5 Å². The zero-order valence-corrected chi connectivity index (χ0v) is 19.7. The predicted molar refractivity (Wildman–Crippen MR) is 131 cm³/mol. The van der Waals surface area contributed by atoms with Crippen molar-refractivity contribution in [1.82, 2.24) is 24.6 Å². The molecule has 0 aliphatic carbocycles. The molecular formula is C26H28FN5O4.